The summed E-state index contributed by atoms with van der Waals surface area (Å²) in [4.78, 5) is 5.14. The summed E-state index contributed by atoms with van der Waals surface area (Å²) in [7, 11) is 0. The first kappa shape index (κ1) is 25.9. The zero-order valence-electron chi connectivity index (χ0n) is 25.2. The molecule has 0 saturated heterocycles. The number of fused-ring (bicyclic) bond motifs is 8. The number of aromatic nitrogens is 2. The SMILES string of the molecule is c1ccc(-c2nc3cc(-c4ccc(-c5ccc6oc7c(ccc8c9ccccc9oc87)c6c5)cc4)ccc3n2-c2ccccc2)cc1. The van der Waals surface area contributed by atoms with Gasteiger partial charge in [-0.2, -0.15) is 0 Å². The third-order valence-corrected chi connectivity index (χ3v) is 9.24. The molecule has 0 amide bonds. The molecule has 0 fully saturated rings. The third kappa shape index (κ3) is 4.05. The van der Waals surface area contributed by atoms with Crippen LogP contribution in [-0.2, 0) is 0 Å². The molecule has 0 spiro atoms. The fraction of sp³-hybridized carbons (Fsp3) is 0. The standard InChI is InChI=1S/C43H26N2O2/c1-3-9-29(10-4-1)43-44-37-26-31(19-23-38(37)45(43)32-11-5-2-6-12-32)28-17-15-27(16-18-28)30-20-24-40-36(25-30)35-22-21-34-33-13-7-8-14-39(33)46-41(34)42(35)47-40/h1-26H. The lowest BCUT2D eigenvalue weighted by Crippen LogP contribution is -1.97. The van der Waals surface area contributed by atoms with E-state index in [0.29, 0.717) is 0 Å². The van der Waals surface area contributed by atoms with Crippen molar-refractivity contribution in [3.8, 4) is 39.3 Å². The van der Waals surface area contributed by atoms with E-state index in [1.54, 1.807) is 0 Å². The van der Waals surface area contributed by atoms with Gasteiger partial charge in [0.1, 0.15) is 17.0 Å². The maximum atomic E-state index is 6.36. The molecule has 220 valence electrons. The van der Waals surface area contributed by atoms with Crippen molar-refractivity contribution in [2.24, 2.45) is 0 Å². The van der Waals surface area contributed by atoms with E-state index in [-0.39, 0.29) is 0 Å². The lowest BCUT2D eigenvalue weighted by molar-refractivity contribution is 0.633. The van der Waals surface area contributed by atoms with Gasteiger partial charge in [-0.25, -0.2) is 4.98 Å². The second-order valence-electron chi connectivity index (χ2n) is 12.0. The highest BCUT2D eigenvalue weighted by Crippen LogP contribution is 2.40. The Labute approximate surface area is 269 Å². The lowest BCUT2D eigenvalue weighted by atomic mass is 9.98. The molecule has 0 saturated carbocycles. The van der Waals surface area contributed by atoms with Crippen LogP contribution in [0.3, 0.4) is 0 Å². The molecule has 0 unspecified atom stereocenters. The Kier molecular flexibility index (Phi) is 5.54. The molecule has 4 heteroatoms. The summed E-state index contributed by atoms with van der Waals surface area (Å²) in [6, 6.07) is 55.0. The normalized spacial score (nSPS) is 11.8. The molecule has 10 rings (SSSR count). The van der Waals surface area contributed by atoms with E-state index in [4.69, 9.17) is 13.8 Å². The van der Waals surface area contributed by atoms with Gasteiger partial charge in [-0.1, -0.05) is 103 Å². The highest BCUT2D eigenvalue weighted by Gasteiger charge is 2.17. The Morgan fingerprint density at radius 1 is 0.404 bits per heavy atom. The van der Waals surface area contributed by atoms with Crippen LogP contribution in [0.5, 0.6) is 0 Å². The minimum atomic E-state index is 0.793. The van der Waals surface area contributed by atoms with Gasteiger partial charge in [-0.05, 0) is 76.9 Å². The minimum Gasteiger partial charge on any atom is -0.452 e. The van der Waals surface area contributed by atoms with Crippen molar-refractivity contribution < 1.29 is 8.83 Å². The predicted octanol–water partition coefficient (Wildman–Crippen LogP) is 11.8. The average Bonchev–Trinajstić information content (AvgIpc) is 3.83. The van der Waals surface area contributed by atoms with E-state index < -0.39 is 0 Å². The molecule has 0 N–H and O–H groups in total. The van der Waals surface area contributed by atoms with Gasteiger partial charge < -0.3 is 8.83 Å². The molecule has 0 atom stereocenters. The molecule has 0 aliphatic heterocycles. The van der Waals surface area contributed by atoms with Gasteiger partial charge in [-0.3, -0.25) is 4.57 Å². The summed E-state index contributed by atoms with van der Waals surface area (Å²) >= 11 is 0. The van der Waals surface area contributed by atoms with Gasteiger partial charge in [0, 0.05) is 32.8 Å². The molecule has 0 bridgehead atoms. The van der Waals surface area contributed by atoms with Crippen molar-refractivity contribution >= 4 is 54.9 Å². The van der Waals surface area contributed by atoms with Crippen molar-refractivity contribution in [2.45, 2.75) is 0 Å². The van der Waals surface area contributed by atoms with Crippen LogP contribution >= 0.6 is 0 Å². The van der Waals surface area contributed by atoms with E-state index in [2.05, 4.69) is 132 Å². The van der Waals surface area contributed by atoms with Gasteiger partial charge in [0.25, 0.3) is 0 Å². The predicted molar refractivity (Wildman–Crippen MR) is 192 cm³/mol. The molecule has 7 aromatic carbocycles. The maximum Gasteiger partial charge on any atom is 0.178 e. The number of hydrogen-bond acceptors (Lipinski definition) is 3. The second kappa shape index (κ2) is 10.1. The van der Waals surface area contributed by atoms with Crippen LogP contribution in [0, 0.1) is 0 Å². The quantitative estimate of drug-likeness (QED) is 0.201. The molecule has 10 aromatic rings. The fourth-order valence-corrected chi connectivity index (χ4v) is 6.93. The van der Waals surface area contributed by atoms with Crippen molar-refractivity contribution in [1.82, 2.24) is 9.55 Å². The van der Waals surface area contributed by atoms with Crippen LogP contribution in [0.15, 0.2) is 167 Å². The molecule has 0 aliphatic carbocycles. The molecule has 4 nitrogen and oxygen atoms in total. The first-order chi connectivity index (χ1) is 23.3. The third-order valence-electron chi connectivity index (χ3n) is 9.24. The molecular formula is C43H26N2O2. The Balaban J connectivity index is 1.03. The summed E-state index contributed by atoms with van der Waals surface area (Å²) in [5, 5.41) is 4.32. The maximum absolute atomic E-state index is 6.36. The Morgan fingerprint density at radius 2 is 0.979 bits per heavy atom. The van der Waals surface area contributed by atoms with Crippen molar-refractivity contribution in [1.29, 1.82) is 0 Å². The molecule has 0 radical (unpaired) electrons. The van der Waals surface area contributed by atoms with Crippen LogP contribution in [0.1, 0.15) is 0 Å². The van der Waals surface area contributed by atoms with Crippen molar-refractivity contribution in [2.75, 3.05) is 0 Å². The van der Waals surface area contributed by atoms with Crippen LogP contribution in [0.4, 0.5) is 0 Å². The number of furan rings is 2. The summed E-state index contributed by atoms with van der Waals surface area (Å²) in [6.07, 6.45) is 0. The van der Waals surface area contributed by atoms with Gasteiger partial charge in [-0.15, -0.1) is 0 Å². The van der Waals surface area contributed by atoms with Gasteiger partial charge in [0.15, 0.2) is 11.2 Å². The molecule has 0 aliphatic rings. The Bertz CT molecular complexity index is 2770. The zero-order chi connectivity index (χ0) is 30.9. The summed E-state index contributed by atoms with van der Waals surface area (Å²) in [6.45, 7) is 0. The summed E-state index contributed by atoms with van der Waals surface area (Å²) in [5.74, 6) is 0.933. The average molecular weight is 603 g/mol. The van der Waals surface area contributed by atoms with Crippen LogP contribution < -0.4 is 0 Å². The Hall–Kier alpha value is -6.39. The van der Waals surface area contributed by atoms with Gasteiger partial charge >= 0.3 is 0 Å². The number of hydrogen-bond donors (Lipinski definition) is 0. The zero-order valence-corrected chi connectivity index (χ0v) is 25.2. The number of benzene rings is 7. The van der Waals surface area contributed by atoms with E-state index in [1.807, 2.05) is 30.3 Å². The monoisotopic (exact) mass is 602 g/mol. The van der Waals surface area contributed by atoms with Crippen molar-refractivity contribution in [3.05, 3.63) is 158 Å². The van der Waals surface area contributed by atoms with Crippen LogP contribution in [-0.4, -0.2) is 9.55 Å². The smallest absolute Gasteiger partial charge is 0.178 e. The highest BCUT2D eigenvalue weighted by molar-refractivity contribution is 6.19. The van der Waals surface area contributed by atoms with Crippen LogP contribution in [0.2, 0.25) is 0 Å². The first-order valence-corrected chi connectivity index (χ1v) is 15.8. The molecule has 47 heavy (non-hydrogen) atoms. The van der Waals surface area contributed by atoms with E-state index in [1.165, 1.54) is 0 Å². The number of nitrogens with zero attached hydrogens (tertiary/aromatic N) is 2. The number of rotatable bonds is 4. The topological polar surface area (TPSA) is 44.1 Å². The lowest BCUT2D eigenvalue weighted by Gasteiger charge is -2.10. The van der Waals surface area contributed by atoms with Crippen LogP contribution in [0.25, 0.3) is 94.2 Å². The second-order valence-corrected chi connectivity index (χ2v) is 12.0. The van der Waals surface area contributed by atoms with Gasteiger partial charge in [0.2, 0.25) is 0 Å². The molecule has 3 heterocycles. The number of para-hydroxylation sites is 2. The minimum absolute atomic E-state index is 0.793. The first-order valence-electron chi connectivity index (χ1n) is 15.8. The largest absolute Gasteiger partial charge is 0.452 e. The van der Waals surface area contributed by atoms with E-state index in [0.717, 1.165) is 94.2 Å². The molecular weight excluding hydrogens is 576 g/mol. The molecule has 3 aromatic heterocycles. The Morgan fingerprint density at radius 3 is 1.72 bits per heavy atom. The summed E-state index contributed by atoms with van der Waals surface area (Å²) in [5.41, 5.74) is 12.1. The van der Waals surface area contributed by atoms with Gasteiger partial charge in [0.05, 0.1) is 11.0 Å². The highest BCUT2D eigenvalue weighted by atomic mass is 16.4. The number of imidazole rings is 1. The van der Waals surface area contributed by atoms with Crippen molar-refractivity contribution in [3.63, 3.8) is 0 Å². The van der Waals surface area contributed by atoms with E-state index >= 15 is 0 Å². The summed E-state index contributed by atoms with van der Waals surface area (Å²) < 4.78 is 14.9. The fourth-order valence-electron chi connectivity index (χ4n) is 6.93. The van der Waals surface area contributed by atoms with E-state index in [9.17, 15) is 0 Å².